The summed E-state index contributed by atoms with van der Waals surface area (Å²) in [5.74, 6) is 7.43. The van der Waals surface area contributed by atoms with Crippen LogP contribution in [-0.2, 0) is 4.74 Å². The van der Waals surface area contributed by atoms with Gasteiger partial charge in [-0.2, -0.15) is 10.1 Å². The van der Waals surface area contributed by atoms with E-state index in [0.29, 0.717) is 11.1 Å². The summed E-state index contributed by atoms with van der Waals surface area (Å²) < 4.78 is 7.76. The molecule has 2 aliphatic heterocycles. The average molecular weight is 438 g/mol. The maximum Gasteiger partial charge on any atom is 0.213 e. The van der Waals surface area contributed by atoms with Gasteiger partial charge in [-0.25, -0.2) is 4.98 Å². The van der Waals surface area contributed by atoms with Crippen LogP contribution in [0.3, 0.4) is 0 Å². The van der Waals surface area contributed by atoms with Crippen molar-refractivity contribution in [2.24, 2.45) is 5.41 Å². The highest BCUT2D eigenvalue weighted by Gasteiger charge is 2.38. The smallest absolute Gasteiger partial charge is 0.213 e. The minimum absolute atomic E-state index is 0.355. The molecular formula is C25H23N7O. The minimum atomic E-state index is 0.355. The number of rotatable bonds is 1. The molecule has 0 radical (unpaired) electrons. The van der Waals surface area contributed by atoms with Gasteiger partial charge >= 0.3 is 0 Å². The Bertz CT molecular complexity index is 1550. The highest BCUT2D eigenvalue weighted by atomic mass is 16.5. The van der Waals surface area contributed by atoms with Gasteiger partial charge in [0.15, 0.2) is 11.3 Å². The van der Waals surface area contributed by atoms with Crippen molar-refractivity contribution in [2.45, 2.75) is 19.3 Å². The predicted molar refractivity (Wildman–Crippen MR) is 126 cm³/mol. The van der Waals surface area contributed by atoms with Crippen molar-refractivity contribution in [1.29, 1.82) is 0 Å². The Balaban J connectivity index is 1.28. The van der Waals surface area contributed by atoms with Crippen molar-refractivity contribution >= 4 is 33.5 Å². The van der Waals surface area contributed by atoms with Gasteiger partial charge < -0.3 is 14.6 Å². The van der Waals surface area contributed by atoms with Crippen LogP contribution in [0, 0.1) is 17.3 Å². The van der Waals surface area contributed by atoms with E-state index in [1.54, 1.807) is 0 Å². The number of hydrogen-bond acceptors (Lipinski definition) is 5. The molecule has 2 saturated heterocycles. The largest absolute Gasteiger partial charge is 0.381 e. The van der Waals surface area contributed by atoms with Crippen molar-refractivity contribution in [2.75, 3.05) is 31.2 Å². The van der Waals surface area contributed by atoms with E-state index in [2.05, 4.69) is 47.4 Å². The first-order valence-corrected chi connectivity index (χ1v) is 11.4. The van der Waals surface area contributed by atoms with Crippen molar-refractivity contribution in [3.05, 3.63) is 54.1 Å². The molecular weight excluding hydrogens is 414 g/mol. The van der Waals surface area contributed by atoms with Crippen LogP contribution in [0.2, 0.25) is 0 Å². The van der Waals surface area contributed by atoms with Gasteiger partial charge in [0.2, 0.25) is 5.95 Å². The Morgan fingerprint density at radius 1 is 1.09 bits per heavy atom. The maximum absolute atomic E-state index is 5.69. The number of nitrogens with zero attached hydrogens (tertiary/aromatic N) is 5. The van der Waals surface area contributed by atoms with Crippen LogP contribution >= 0.6 is 0 Å². The maximum atomic E-state index is 5.69. The molecule has 0 atom stereocenters. The van der Waals surface area contributed by atoms with E-state index in [1.165, 1.54) is 6.42 Å². The van der Waals surface area contributed by atoms with E-state index in [0.717, 1.165) is 78.2 Å². The van der Waals surface area contributed by atoms with Crippen LogP contribution in [-0.4, -0.2) is 55.9 Å². The number of para-hydroxylation sites is 1. The van der Waals surface area contributed by atoms with Crippen LogP contribution in [0.4, 0.5) is 5.95 Å². The normalized spacial score (nSPS) is 17.9. The zero-order valence-corrected chi connectivity index (χ0v) is 18.1. The third-order valence-corrected chi connectivity index (χ3v) is 7.23. The number of benzene rings is 1. The Morgan fingerprint density at radius 3 is 2.91 bits per heavy atom. The number of aromatic nitrogens is 6. The summed E-state index contributed by atoms with van der Waals surface area (Å²) in [5.41, 5.74) is 4.53. The number of hydrogen-bond donors (Lipinski definition) is 2. The second-order valence-electron chi connectivity index (χ2n) is 9.12. The van der Waals surface area contributed by atoms with Gasteiger partial charge in [-0.05, 0) is 42.7 Å². The molecule has 8 heteroatoms. The number of aromatic amines is 2. The lowest BCUT2D eigenvalue weighted by Gasteiger charge is -2.38. The van der Waals surface area contributed by atoms with Gasteiger partial charge in [0.05, 0.1) is 17.5 Å². The summed E-state index contributed by atoms with van der Waals surface area (Å²) >= 11 is 0. The van der Waals surface area contributed by atoms with E-state index in [1.807, 2.05) is 36.8 Å². The number of piperidine rings is 1. The molecule has 33 heavy (non-hydrogen) atoms. The van der Waals surface area contributed by atoms with E-state index in [4.69, 9.17) is 9.72 Å². The fourth-order valence-corrected chi connectivity index (χ4v) is 5.28. The molecule has 2 fully saturated rings. The Labute approximate surface area is 190 Å². The van der Waals surface area contributed by atoms with Crippen LogP contribution < -0.4 is 4.90 Å². The Morgan fingerprint density at radius 2 is 2.03 bits per heavy atom. The number of ether oxygens (including phenoxy) is 1. The molecule has 6 heterocycles. The molecule has 0 unspecified atom stereocenters. The van der Waals surface area contributed by atoms with Crippen LogP contribution in [0.5, 0.6) is 0 Å². The molecule has 0 aliphatic carbocycles. The highest BCUT2D eigenvalue weighted by Crippen LogP contribution is 2.40. The molecule has 5 aromatic rings. The van der Waals surface area contributed by atoms with Gasteiger partial charge in [0, 0.05) is 49.2 Å². The molecule has 4 aromatic heterocycles. The van der Waals surface area contributed by atoms with E-state index >= 15 is 0 Å². The Kier molecular flexibility index (Phi) is 4.02. The fourth-order valence-electron chi connectivity index (χ4n) is 5.28. The first-order chi connectivity index (χ1) is 16.3. The summed E-state index contributed by atoms with van der Waals surface area (Å²) in [7, 11) is 0. The molecule has 2 N–H and O–H groups in total. The first kappa shape index (κ1) is 18.7. The van der Waals surface area contributed by atoms with Gasteiger partial charge in [-0.3, -0.25) is 9.50 Å². The fraction of sp³-hybridized carbons (Fsp3) is 0.320. The standard InChI is InChI=1S/C25H23N7O/c1-2-17(21-18(3-1)6-10-26-21)4-5-19-20-22(30-29-19)28-24(32-14-11-27-23(20)32)31-12-7-25(8-13-31)9-15-33-16-25/h1-3,6,10-11,14,26H,7-9,12-13,15-16H2,(H,29,30). The second-order valence-corrected chi connectivity index (χ2v) is 9.12. The van der Waals surface area contributed by atoms with Crippen molar-refractivity contribution in [1.82, 2.24) is 29.5 Å². The summed E-state index contributed by atoms with van der Waals surface area (Å²) in [4.78, 5) is 15.2. The minimum Gasteiger partial charge on any atom is -0.381 e. The summed E-state index contributed by atoms with van der Waals surface area (Å²) in [6.07, 6.45) is 9.16. The van der Waals surface area contributed by atoms with Crippen LogP contribution in [0.15, 0.2) is 42.9 Å². The van der Waals surface area contributed by atoms with Gasteiger partial charge in [-0.1, -0.05) is 18.1 Å². The molecule has 0 saturated carbocycles. The lowest BCUT2D eigenvalue weighted by molar-refractivity contribution is 0.133. The molecule has 0 amide bonds. The predicted octanol–water partition coefficient (Wildman–Crippen LogP) is 3.49. The van der Waals surface area contributed by atoms with E-state index < -0.39 is 0 Å². The molecule has 0 bridgehead atoms. The molecule has 1 spiro atoms. The SMILES string of the molecule is C(#Cc1n[nH]c2nc(N3CCC4(CCOC4)CC3)n3ccnc3c12)c1cccc2cc[nH]c12. The number of anilines is 1. The highest BCUT2D eigenvalue weighted by molar-refractivity contribution is 5.95. The second kappa shape index (κ2) is 7.09. The van der Waals surface area contributed by atoms with Crippen LogP contribution in [0.1, 0.15) is 30.5 Å². The third-order valence-electron chi connectivity index (χ3n) is 7.23. The zero-order chi connectivity index (χ0) is 21.8. The van der Waals surface area contributed by atoms with E-state index in [-0.39, 0.29) is 0 Å². The molecule has 7 rings (SSSR count). The topological polar surface area (TPSA) is 87.1 Å². The monoisotopic (exact) mass is 437 g/mol. The number of nitrogens with one attached hydrogen (secondary N) is 2. The summed E-state index contributed by atoms with van der Waals surface area (Å²) in [5, 5.41) is 9.58. The summed E-state index contributed by atoms with van der Waals surface area (Å²) in [6, 6.07) is 8.15. The van der Waals surface area contributed by atoms with Gasteiger partial charge in [-0.15, -0.1) is 0 Å². The van der Waals surface area contributed by atoms with Crippen molar-refractivity contribution in [3.63, 3.8) is 0 Å². The Hall–Kier alpha value is -3.83. The lowest BCUT2D eigenvalue weighted by atomic mass is 9.78. The number of fused-ring (bicyclic) bond motifs is 4. The van der Waals surface area contributed by atoms with Gasteiger partial charge in [0.25, 0.3) is 0 Å². The number of H-pyrrole nitrogens is 2. The number of imidazole rings is 1. The molecule has 8 nitrogen and oxygen atoms in total. The van der Waals surface area contributed by atoms with Crippen molar-refractivity contribution < 1.29 is 4.74 Å². The third kappa shape index (κ3) is 2.93. The summed E-state index contributed by atoms with van der Waals surface area (Å²) in [6.45, 7) is 3.73. The van der Waals surface area contributed by atoms with E-state index in [9.17, 15) is 0 Å². The quantitative estimate of drug-likeness (QED) is 0.392. The van der Waals surface area contributed by atoms with Crippen molar-refractivity contribution in [3.8, 4) is 11.8 Å². The van der Waals surface area contributed by atoms with Crippen LogP contribution in [0.25, 0.3) is 27.6 Å². The zero-order valence-electron chi connectivity index (χ0n) is 18.1. The lowest BCUT2D eigenvalue weighted by Crippen LogP contribution is -2.41. The van der Waals surface area contributed by atoms with Gasteiger partial charge in [0.1, 0.15) is 5.69 Å². The molecule has 2 aliphatic rings. The molecule has 1 aromatic carbocycles. The molecule has 164 valence electrons. The first-order valence-electron chi connectivity index (χ1n) is 11.4. The average Bonchev–Trinajstić information content (AvgIpc) is 3.64.